The Morgan fingerprint density at radius 1 is 1.18 bits per heavy atom. The Morgan fingerprint density at radius 3 is 2.18 bits per heavy atom. The zero-order valence-corrected chi connectivity index (χ0v) is 7.25. The van der Waals surface area contributed by atoms with Gasteiger partial charge >= 0.3 is 0 Å². The molecule has 0 aromatic heterocycles. The first-order chi connectivity index (χ1) is 5.22. The highest BCUT2D eigenvalue weighted by molar-refractivity contribution is 5.37. The average molecular weight is 156 g/mol. The van der Waals surface area contributed by atoms with E-state index in [1.165, 1.54) is 6.42 Å². The SMILES string of the molecule is CC1CC(C)CC(OC=O)C1. The van der Waals surface area contributed by atoms with E-state index in [0.29, 0.717) is 18.3 Å². The highest BCUT2D eigenvalue weighted by atomic mass is 16.5. The van der Waals surface area contributed by atoms with Crippen molar-refractivity contribution in [2.75, 3.05) is 0 Å². The molecule has 0 heterocycles. The van der Waals surface area contributed by atoms with Crippen molar-refractivity contribution < 1.29 is 9.53 Å². The molecule has 2 nitrogen and oxygen atoms in total. The average Bonchev–Trinajstić information content (AvgIpc) is 1.85. The first-order valence-electron chi connectivity index (χ1n) is 4.31. The maximum atomic E-state index is 10.1. The lowest BCUT2D eigenvalue weighted by Gasteiger charge is -2.29. The van der Waals surface area contributed by atoms with E-state index in [4.69, 9.17) is 4.74 Å². The van der Waals surface area contributed by atoms with Gasteiger partial charge in [0.2, 0.25) is 0 Å². The third-order valence-corrected chi connectivity index (χ3v) is 2.38. The lowest BCUT2D eigenvalue weighted by atomic mass is 9.82. The van der Waals surface area contributed by atoms with Crippen molar-refractivity contribution in [3.8, 4) is 0 Å². The van der Waals surface area contributed by atoms with Crippen molar-refractivity contribution in [3.63, 3.8) is 0 Å². The van der Waals surface area contributed by atoms with Gasteiger partial charge in [0, 0.05) is 0 Å². The van der Waals surface area contributed by atoms with E-state index in [2.05, 4.69) is 13.8 Å². The van der Waals surface area contributed by atoms with Gasteiger partial charge in [-0.1, -0.05) is 13.8 Å². The normalized spacial score (nSPS) is 38.2. The molecular formula is C9H16O2. The Labute approximate surface area is 67.9 Å². The van der Waals surface area contributed by atoms with Gasteiger partial charge in [-0.05, 0) is 31.1 Å². The quantitative estimate of drug-likeness (QED) is 0.571. The van der Waals surface area contributed by atoms with Crippen LogP contribution >= 0.6 is 0 Å². The van der Waals surface area contributed by atoms with Crippen molar-refractivity contribution in [2.24, 2.45) is 11.8 Å². The number of hydrogen-bond donors (Lipinski definition) is 0. The van der Waals surface area contributed by atoms with Crippen LogP contribution in [0.1, 0.15) is 33.1 Å². The van der Waals surface area contributed by atoms with E-state index in [0.717, 1.165) is 12.8 Å². The summed E-state index contributed by atoms with van der Waals surface area (Å²) in [5, 5.41) is 0. The van der Waals surface area contributed by atoms with Crippen LogP contribution in [0.4, 0.5) is 0 Å². The Bertz CT molecular complexity index is 124. The molecule has 2 atom stereocenters. The summed E-state index contributed by atoms with van der Waals surface area (Å²) < 4.78 is 4.94. The molecule has 1 aliphatic rings. The van der Waals surface area contributed by atoms with E-state index < -0.39 is 0 Å². The summed E-state index contributed by atoms with van der Waals surface area (Å²) in [6.07, 6.45) is 3.55. The smallest absolute Gasteiger partial charge is 0.293 e. The van der Waals surface area contributed by atoms with Crippen LogP contribution in [0.3, 0.4) is 0 Å². The minimum atomic E-state index is 0.186. The molecule has 0 aliphatic heterocycles. The maximum Gasteiger partial charge on any atom is 0.293 e. The molecule has 64 valence electrons. The van der Waals surface area contributed by atoms with E-state index in [1.54, 1.807) is 0 Å². The second-order valence-electron chi connectivity index (χ2n) is 3.77. The van der Waals surface area contributed by atoms with E-state index in [1.807, 2.05) is 0 Å². The summed E-state index contributed by atoms with van der Waals surface area (Å²) in [4.78, 5) is 10.1. The second kappa shape index (κ2) is 3.74. The minimum Gasteiger partial charge on any atom is -0.465 e. The highest BCUT2D eigenvalue weighted by Crippen LogP contribution is 2.29. The Kier molecular flexibility index (Phi) is 2.92. The monoisotopic (exact) mass is 156 g/mol. The van der Waals surface area contributed by atoms with Crippen molar-refractivity contribution in [1.82, 2.24) is 0 Å². The zero-order valence-electron chi connectivity index (χ0n) is 7.25. The van der Waals surface area contributed by atoms with Gasteiger partial charge in [-0.25, -0.2) is 0 Å². The van der Waals surface area contributed by atoms with Crippen LogP contribution < -0.4 is 0 Å². The fourth-order valence-corrected chi connectivity index (χ4v) is 2.06. The molecule has 1 fully saturated rings. The number of hydrogen-bond acceptors (Lipinski definition) is 2. The fourth-order valence-electron chi connectivity index (χ4n) is 2.06. The first kappa shape index (κ1) is 8.57. The van der Waals surface area contributed by atoms with E-state index in [-0.39, 0.29) is 6.10 Å². The molecule has 0 spiro atoms. The predicted molar refractivity (Wildman–Crippen MR) is 43.1 cm³/mol. The topological polar surface area (TPSA) is 26.3 Å². The van der Waals surface area contributed by atoms with E-state index in [9.17, 15) is 4.79 Å². The van der Waals surface area contributed by atoms with Crippen molar-refractivity contribution >= 4 is 6.47 Å². The van der Waals surface area contributed by atoms with Crippen LogP contribution in [0.15, 0.2) is 0 Å². The van der Waals surface area contributed by atoms with Crippen LogP contribution in [0, 0.1) is 11.8 Å². The first-order valence-corrected chi connectivity index (χ1v) is 4.31. The number of carbonyl (C=O) groups is 1. The number of rotatable bonds is 2. The molecule has 0 N–H and O–H groups in total. The molecule has 0 amide bonds. The molecular weight excluding hydrogens is 140 g/mol. The zero-order chi connectivity index (χ0) is 8.27. The summed E-state index contributed by atoms with van der Waals surface area (Å²) in [5.74, 6) is 1.42. The fraction of sp³-hybridized carbons (Fsp3) is 0.889. The summed E-state index contributed by atoms with van der Waals surface area (Å²) in [6, 6.07) is 0. The van der Waals surface area contributed by atoms with Crippen molar-refractivity contribution in [2.45, 2.75) is 39.2 Å². The van der Waals surface area contributed by atoms with Gasteiger partial charge in [0.05, 0.1) is 0 Å². The molecule has 1 rings (SSSR count). The summed E-state index contributed by atoms with van der Waals surface area (Å²) in [7, 11) is 0. The lowest BCUT2D eigenvalue weighted by molar-refractivity contribution is -0.136. The molecule has 0 bridgehead atoms. The molecule has 0 aromatic rings. The molecule has 1 saturated carbocycles. The van der Waals surface area contributed by atoms with Gasteiger partial charge in [0.15, 0.2) is 0 Å². The van der Waals surface area contributed by atoms with Crippen molar-refractivity contribution in [3.05, 3.63) is 0 Å². The van der Waals surface area contributed by atoms with Gasteiger partial charge in [0.25, 0.3) is 6.47 Å². The van der Waals surface area contributed by atoms with Crippen LogP contribution in [-0.2, 0) is 9.53 Å². The van der Waals surface area contributed by atoms with E-state index >= 15 is 0 Å². The van der Waals surface area contributed by atoms with Gasteiger partial charge in [-0.2, -0.15) is 0 Å². The van der Waals surface area contributed by atoms with Crippen LogP contribution in [0.2, 0.25) is 0 Å². The number of carbonyl (C=O) groups excluding carboxylic acids is 1. The summed E-state index contributed by atoms with van der Waals surface area (Å²) >= 11 is 0. The van der Waals surface area contributed by atoms with Crippen LogP contribution in [-0.4, -0.2) is 12.6 Å². The molecule has 2 heteroatoms. The van der Waals surface area contributed by atoms with Gasteiger partial charge in [-0.15, -0.1) is 0 Å². The molecule has 1 aliphatic carbocycles. The molecule has 0 radical (unpaired) electrons. The maximum absolute atomic E-state index is 10.1. The standard InChI is InChI=1S/C9H16O2/c1-7-3-8(2)5-9(4-7)11-6-10/h6-9H,3-5H2,1-2H3. The third-order valence-electron chi connectivity index (χ3n) is 2.38. The van der Waals surface area contributed by atoms with Crippen molar-refractivity contribution in [1.29, 1.82) is 0 Å². The van der Waals surface area contributed by atoms with Gasteiger partial charge in [-0.3, -0.25) is 4.79 Å². The molecule has 0 aromatic carbocycles. The molecule has 2 unspecified atom stereocenters. The van der Waals surface area contributed by atoms with Gasteiger partial charge < -0.3 is 4.74 Å². The number of ether oxygens (including phenoxy) is 1. The Balaban J connectivity index is 2.36. The molecule has 0 saturated heterocycles. The van der Waals surface area contributed by atoms with Crippen LogP contribution in [0.25, 0.3) is 0 Å². The van der Waals surface area contributed by atoms with Crippen LogP contribution in [0.5, 0.6) is 0 Å². The minimum absolute atomic E-state index is 0.186. The Hall–Kier alpha value is -0.530. The largest absolute Gasteiger partial charge is 0.465 e. The third kappa shape index (κ3) is 2.52. The Morgan fingerprint density at radius 2 is 1.73 bits per heavy atom. The summed E-state index contributed by atoms with van der Waals surface area (Å²) in [6.45, 7) is 5.02. The lowest BCUT2D eigenvalue weighted by Crippen LogP contribution is -2.25. The highest BCUT2D eigenvalue weighted by Gasteiger charge is 2.24. The molecule has 11 heavy (non-hydrogen) atoms. The second-order valence-corrected chi connectivity index (χ2v) is 3.77. The summed E-state index contributed by atoms with van der Waals surface area (Å²) in [5.41, 5.74) is 0. The van der Waals surface area contributed by atoms with Gasteiger partial charge in [0.1, 0.15) is 6.10 Å². The predicted octanol–water partition coefficient (Wildman–Crippen LogP) is 1.98.